The number of aryl methyl sites for hydroxylation is 2. The fourth-order valence-electron chi connectivity index (χ4n) is 2.31. The molecule has 3 aromatic rings. The number of aromatic amines is 1. The molecule has 0 unspecified atom stereocenters. The standard InChI is InChI=1S/C16H13NO3/c1-9-3-5-12(10(2)7-9)15(18)11-4-6-13-14(8-11)20-16(19)17-13/h3-8H,1-2H3,(H,17,19). The van der Waals surface area contributed by atoms with Gasteiger partial charge < -0.3 is 4.42 Å². The maximum atomic E-state index is 12.5. The number of hydrogen-bond donors (Lipinski definition) is 1. The van der Waals surface area contributed by atoms with E-state index in [2.05, 4.69) is 4.98 Å². The van der Waals surface area contributed by atoms with Crippen molar-refractivity contribution in [2.75, 3.05) is 0 Å². The van der Waals surface area contributed by atoms with Gasteiger partial charge in [0.05, 0.1) is 5.52 Å². The van der Waals surface area contributed by atoms with E-state index in [9.17, 15) is 9.59 Å². The number of H-pyrrole nitrogens is 1. The van der Waals surface area contributed by atoms with E-state index in [0.717, 1.165) is 11.1 Å². The van der Waals surface area contributed by atoms with Crippen molar-refractivity contribution in [3.63, 3.8) is 0 Å². The minimum Gasteiger partial charge on any atom is -0.408 e. The lowest BCUT2D eigenvalue weighted by Crippen LogP contribution is -2.03. The van der Waals surface area contributed by atoms with Crippen LogP contribution in [0.3, 0.4) is 0 Å². The van der Waals surface area contributed by atoms with Crippen LogP contribution < -0.4 is 5.76 Å². The zero-order chi connectivity index (χ0) is 14.3. The number of ketones is 1. The van der Waals surface area contributed by atoms with E-state index in [1.54, 1.807) is 18.2 Å². The van der Waals surface area contributed by atoms with E-state index < -0.39 is 5.76 Å². The smallest absolute Gasteiger partial charge is 0.408 e. The molecule has 20 heavy (non-hydrogen) atoms. The topological polar surface area (TPSA) is 63.1 Å². The minimum atomic E-state index is -0.517. The summed E-state index contributed by atoms with van der Waals surface area (Å²) in [5.74, 6) is -0.593. The van der Waals surface area contributed by atoms with Gasteiger partial charge in [-0.05, 0) is 37.6 Å². The Kier molecular flexibility index (Phi) is 2.79. The Morgan fingerprint density at radius 2 is 1.90 bits per heavy atom. The summed E-state index contributed by atoms with van der Waals surface area (Å²) in [6.07, 6.45) is 0. The number of aromatic nitrogens is 1. The van der Waals surface area contributed by atoms with Crippen LogP contribution in [-0.4, -0.2) is 10.8 Å². The summed E-state index contributed by atoms with van der Waals surface area (Å²) in [5, 5.41) is 0. The summed E-state index contributed by atoms with van der Waals surface area (Å²) in [6, 6.07) is 10.7. The van der Waals surface area contributed by atoms with Gasteiger partial charge in [-0.2, -0.15) is 0 Å². The van der Waals surface area contributed by atoms with Crippen LogP contribution in [0.15, 0.2) is 45.6 Å². The molecule has 1 aromatic heterocycles. The number of oxazole rings is 1. The first-order valence-corrected chi connectivity index (χ1v) is 6.29. The Bertz CT molecular complexity index is 871. The molecule has 0 aliphatic rings. The monoisotopic (exact) mass is 267 g/mol. The molecule has 0 aliphatic carbocycles. The summed E-state index contributed by atoms with van der Waals surface area (Å²) in [5.41, 5.74) is 4.20. The Hall–Kier alpha value is -2.62. The SMILES string of the molecule is Cc1ccc(C(=O)c2ccc3[nH]c(=O)oc3c2)c(C)c1. The van der Waals surface area contributed by atoms with Gasteiger partial charge in [0.15, 0.2) is 11.4 Å². The second-order valence-electron chi connectivity index (χ2n) is 4.87. The van der Waals surface area contributed by atoms with Crippen molar-refractivity contribution in [2.45, 2.75) is 13.8 Å². The first-order chi connectivity index (χ1) is 9.54. The highest BCUT2D eigenvalue weighted by Crippen LogP contribution is 2.18. The van der Waals surface area contributed by atoms with Crippen molar-refractivity contribution in [3.8, 4) is 0 Å². The van der Waals surface area contributed by atoms with E-state index in [1.807, 2.05) is 32.0 Å². The summed E-state index contributed by atoms with van der Waals surface area (Å²) in [7, 11) is 0. The first-order valence-electron chi connectivity index (χ1n) is 6.29. The third-order valence-corrected chi connectivity index (χ3v) is 3.31. The van der Waals surface area contributed by atoms with Gasteiger partial charge in [0.1, 0.15) is 0 Å². The van der Waals surface area contributed by atoms with Crippen LogP contribution in [0, 0.1) is 13.8 Å². The van der Waals surface area contributed by atoms with Gasteiger partial charge in [-0.3, -0.25) is 9.78 Å². The highest BCUT2D eigenvalue weighted by Gasteiger charge is 2.13. The molecule has 0 amide bonds. The first kappa shape index (κ1) is 12.4. The number of nitrogens with one attached hydrogen (secondary N) is 1. The van der Waals surface area contributed by atoms with E-state index >= 15 is 0 Å². The van der Waals surface area contributed by atoms with Crippen molar-refractivity contribution in [1.29, 1.82) is 0 Å². The van der Waals surface area contributed by atoms with Gasteiger partial charge in [0, 0.05) is 11.1 Å². The molecule has 0 saturated carbocycles. The fraction of sp³-hybridized carbons (Fsp3) is 0.125. The summed E-state index contributed by atoms with van der Waals surface area (Å²) in [6.45, 7) is 3.90. The quantitative estimate of drug-likeness (QED) is 0.726. The Morgan fingerprint density at radius 3 is 2.65 bits per heavy atom. The molecule has 1 N–H and O–H groups in total. The second-order valence-corrected chi connectivity index (χ2v) is 4.87. The molecule has 0 saturated heterocycles. The Balaban J connectivity index is 2.09. The molecule has 3 rings (SSSR count). The number of fused-ring (bicyclic) bond motifs is 1. The maximum absolute atomic E-state index is 12.5. The van der Waals surface area contributed by atoms with Crippen LogP contribution >= 0.6 is 0 Å². The van der Waals surface area contributed by atoms with Crippen molar-refractivity contribution in [2.24, 2.45) is 0 Å². The number of carbonyl (C=O) groups excluding carboxylic acids is 1. The van der Waals surface area contributed by atoms with Gasteiger partial charge >= 0.3 is 5.76 Å². The molecule has 0 fully saturated rings. The highest BCUT2D eigenvalue weighted by molar-refractivity contribution is 6.11. The molecule has 4 nitrogen and oxygen atoms in total. The molecular formula is C16H13NO3. The fourth-order valence-corrected chi connectivity index (χ4v) is 2.31. The number of hydrogen-bond acceptors (Lipinski definition) is 3. The van der Waals surface area contributed by atoms with E-state index in [0.29, 0.717) is 22.2 Å². The minimum absolute atomic E-state index is 0.0757. The van der Waals surface area contributed by atoms with Gasteiger partial charge in [-0.1, -0.05) is 23.8 Å². The molecule has 4 heteroatoms. The number of benzene rings is 2. The number of rotatable bonds is 2. The molecule has 0 aliphatic heterocycles. The lowest BCUT2D eigenvalue weighted by atomic mass is 9.97. The highest BCUT2D eigenvalue weighted by atomic mass is 16.4. The van der Waals surface area contributed by atoms with Crippen LogP contribution in [0.4, 0.5) is 0 Å². The van der Waals surface area contributed by atoms with Crippen molar-refractivity contribution in [3.05, 3.63) is 69.2 Å². The van der Waals surface area contributed by atoms with Gasteiger partial charge in [-0.25, -0.2) is 4.79 Å². The van der Waals surface area contributed by atoms with E-state index in [-0.39, 0.29) is 5.78 Å². The molecule has 0 spiro atoms. The molecule has 100 valence electrons. The van der Waals surface area contributed by atoms with E-state index in [4.69, 9.17) is 4.42 Å². The van der Waals surface area contributed by atoms with Gasteiger partial charge in [0.2, 0.25) is 0 Å². The summed E-state index contributed by atoms with van der Waals surface area (Å²) >= 11 is 0. The van der Waals surface area contributed by atoms with Crippen molar-refractivity contribution >= 4 is 16.9 Å². The third-order valence-electron chi connectivity index (χ3n) is 3.31. The molecule has 1 heterocycles. The van der Waals surface area contributed by atoms with E-state index in [1.165, 1.54) is 0 Å². The zero-order valence-corrected chi connectivity index (χ0v) is 11.2. The maximum Gasteiger partial charge on any atom is 0.417 e. The second kappa shape index (κ2) is 4.49. The lowest BCUT2D eigenvalue weighted by molar-refractivity contribution is 0.103. The van der Waals surface area contributed by atoms with Crippen LogP contribution in [0.1, 0.15) is 27.0 Å². The predicted octanol–water partition coefficient (Wildman–Crippen LogP) is 2.97. The van der Waals surface area contributed by atoms with Crippen LogP contribution in [0.5, 0.6) is 0 Å². The summed E-state index contributed by atoms with van der Waals surface area (Å²) in [4.78, 5) is 26.2. The molecular weight excluding hydrogens is 254 g/mol. The summed E-state index contributed by atoms with van der Waals surface area (Å²) < 4.78 is 4.98. The van der Waals surface area contributed by atoms with Crippen molar-refractivity contribution in [1.82, 2.24) is 4.98 Å². The molecule has 2 aromatic carbocycles. The molecule has 0 radical (unpaired) electrons. The predicted molar refractivity (Wildman–Crippen MR) is 76.2 cm³/mol. The van der Waals surface area contributed by atoms with Gasteiger partial charge in [0.25, 0.3) is 0 Å². The molecule has 0 bridgehead atoms. The third kappa shape index (κ3) is 2.05. The van der Waals surface area contributed by atoms with Crippen LogP contribution in [-0.2, 0) is 0 Å². The normalized spacial score (nSPS) is 10.9. The van der Waals surface area contributed by atoms with Crippen molar-refractivity contribution < 1.29 is 9.21 Å². The van der Waals surface area contributed by atoms with Crippen LogP contribution in [0.2, 0.25) is 0 Å². The largest absolute Gasteiger partial charge is 0.417 e. The lowest BCUT2D eigenvalue weighted by Gasteiger charge is -2.06. The Labute approximate surface area is 115 Å². The average molecular weight is 267 g/mol. The Morgan fingerprint density at radius 1 is 1.10 bits per heavy atom. The average Bonchev–Trinajstić information content (AvgIpc) is 2.77. The molecule has 0 atom stereocenters. The van der Waals surface area contributed by atoms with Gasteiger partial charge in [-0.15, -0.1) is 0 Å². The zero-order valence-electron chi connectivity index (χ0n) is 11.2. The van der Waals surface area contributed by atoms with Crippen LogP contribution in [0.25, 0.3) is 11.1 Å². The number of carbonyl (C=O) groups is 1.